The molecule has 1 aromatic carbocycles. The molecule has 1 aliphatic rings. The van der Waals surface area contributed by atoms with Gasteiger partial charge in [0, 0.05) is 17.0 Å². The van der Waals surface area contributed by atoms with Gasteiger partial charge in [0.15, 0.2) is 5.60 Å². The number of fused-ring (bicyclic) bond motifs is 1. The number of ether oxygens (including phenoxy) is 1. The Hall–Kier alpha value is -2.14. The fourth-order valence-corrected chi connectivity index (χ4v) is 3.26. The van der Waals surface area contributed by atoms with Crippen molar-refractivity contribution in [1.29, 1.82) is 0 Å². The summed E-state index contributed by atoms with van der Waals surface area (Å²) in [4.78, 5) is 24.1. The highest BCUT2D eigenvalue weighted by Gasteiger charge is 2.38. The first-order chi connectivity index (χ1) is 11.4. The summed E-state index contributed by atoms with van der Waals surface area (Å²) >= 11 is 0. The Morgan fingerprint density at radius 2 is 1.96 bits per heavy atom. The second kappa shape index (κ2) is 6.40. The molecule has 0 amide bonds. The lowest BCUT2D eigenvalue weighted by molar-refractivity contribution is -0.170. The molecule has 5 nitrogen and oxygen atoms in total. The van der Waals surface area contributed by atoms with Crippen LogP contribution in [0.2, 0.25) is 0 Å². The monoisotopic (exact) mass is 330 g/mol. The molecule has 24 heavy (non-hydrogen) atoms. The van der Waals surface area contributed by atoms with Gasteiger partial charge in [-0.25, -0.2) is 9.59 Å². The summed E-state index contributed by atoms with van der Waals surface area (Å²) in [5.74, 6) is -0.604. The maximum absolute atomic E-state index is 12.3. The molecular formula is C19H22O5. The molecule has 1 fully saturated rings. The number of rotatable bonds is 3. The summed E-state index contributed by atoms with van der Waals surface area (Å²) < 4.78 is 10.6. The average molecular weight is 330 g/mol. The van der Waals surface area contributed by atoms with Crippen LogP contribution < -0.4 is 5.63 Å². The highest BCUT2D eigenvalue weighted by molar-refractivity contribution is 5.84. The number of carbonyl (C=O) groups is 1. The molecule has 0 spiro atoms. The molecule has 1 aromatic heterocycles. The first-order valence-electron chi connectivity index (χ1n) is 8.33. The van der Waals surface area contributed by atoms with Gasteiger partial charge in [-0.2, -0.15) is 0 Å². The van der Waals surface area contributed by atoms with E-state index in [9.17, 15) is 14.7 Å². The summed E-state index contributed by atoms with van der Waals surface area (Å²) in [5.41, 5.74) is 1.17. The van der Waals surface area contributed by atoms with Gasteiger partial charge in [-0.05, 0) is 50.7 Å². The van der Waals surface area contributed by atoms with Gasteiger partial charge in [-0.1, -0.05) is 18.6 Å². The van der Waals surface area contributed by atoms with Gasteiger partial charge in [-0.3, -0.25) is 0 Å². The number of aliphatic hydroxyl groups is 1. The van der Waals surface area contributed by atoms with Crippen molar-refractivity contribution in [2.45, 2.75) is 58.2 Å². The topological polar surface area (TPSA) is 76.7 Å². The molecule has 0 aliphatic heterocycles. The fraction of sp³-hybridized carbons (Fsp3) is 0.474. The SMILES string of the molecule is Cc1ccc2c(COC(=O)C3(O)CCCCC3)cc(=O)oc2c1C. The first kappa shape index (κ1) is 16.7. The maximum atomic E-state index is 12.3. The third kappa shape index (κ3) is 3.08. The van der Waals surface area contributed by atoms with Gasteiger partial charge in [0.25, 0.3) is 0 Å². The summed E-state index contributed by atoms with van der Waals surface area (Å²) in [5, 5.41) is 11.2. The quantitative estimate of drug-likeness (QED) is 0.691. The summed E-state index contributed by atoms with van der Waals surface area (Å²) in [6, 6.07) is 5.14. The van der Waals surface area contributed by atoms with Crippen LogP contribution in [-0.4, -0.2) is 16.7 Å². The van der Waals surface area contributed by atoms with E-state index in [1.807, 2.05) is 26.0 Å². The Bertz CT molecular complexity index is 828. The predicted molar refractivity (Wildman–Crippen MR) is 89.8 cm³/mol. The average Bonchev–Trinajstić information content (AvgIpc) is 2.56. The van der Waals surface area contributed by atoms with Crippen LogP contribution in [0.4, 0.5) is 0 Å². The second-order valence-corrected chi connectivity index (χ2v) is 6.64. The molecule has 1 N–H and O–H groups in total. The van der Waals surface area contributed by atoms with Crippen LogP contribution in [0, 0.1) is 13.8 Å². The minimum absolute atomic E-state index is 0.0499. The van der Waals surface area contributed by atoms with Gasteiger partial charge in [0.05, 0.1) is 0 Å². The maximum Gasteiger partial charge on any atom is 0.338 e. The van der Waals surface area contributed by atoms with Crippen molar-refractivity contribution in [1.82, 2.24) is 0 Å². The zero-order valence-corrected chi connectivity index (χ0v) is 14.1. The Morgan fingerprint density at radius 3 is 2.67 bits per heavy atom. The molecule has 0 radical (unpaired) electrons. The van der Waals surface area contributed by atoms with E-state index in [4.69, 9.17) is 9.15 Å². The smallest absolute Gasteiger partial charge is 0.338 e. The normalized spacial score (nSPS) is 17.0. The van der Waals surface area contributed by atoms with Crippen molar-refractivity contribution in [2.75, 3.05) is 0 Å². The molecule has 0 atom stereocenters. The fourth-order valence-electron chi connectivity index (χ4n) is 3.26. The lowest BCUT2D eigenvalue weighted by Gasteiger charge is -2.29. The molecule has 5 heteroatoms. The van der Waals surface area contributed by atoms with Crippen LogP contribution in [0.15, 0.2) is 27.4 Å². The molecular weight excluding hydrogens is 308 g/mol. The van der Waals surface area contributed by atoms with E-state index < -0.39 is 17.2 Å². The molecule has 3 rings (SSSR count). The van der Waals surface area contributed by atoms with Crippen LogP contribution >= 0.6 is 0 Å². The van der Waals surface area contributed by atoms with Crippen LogP contribution in [0.25, 0.3) is 11.0 Å². The van der Waals surface area contributed by atoms with Gasteiger partial charge >= 0.3 is 11.6 Å². The van der Waals surface area contributed by atoms with Crippen molar-refractivity contribution in [3.63, 3.8) is 0 Å². The molecule has 0 unspecified atom stereocenters. The van der Waals surface area contributed by atoms with E-state index >= 15 is 0 Å². The number of aryl methyl sites for hydroxylation is 2. The Kier molecular flexibility index (Phi) is 4.45. The highest BCUT2D eigenvalue weighted by atomic mass is 16.5. The third-order valence-corrected chi connectivity index (χ3v) is 4.94. The zero-order chi connectivity index (χ0) is 17.3. The minimum atomic E-state index is -1.39. The number of hydrogen-bond acceptors (Lipinski definition) is 5. The van der Waals surface area contributed by atoms with Gasteiger partial charge in [0.2, 0.25) is 0 Å². The van der Waals surface area contributed by atoms with Crippen LogP contribution in [0.3, 0.4) is 0 Å². The minimum Gasteiger partial charge on any atom is -0.459 e. The van der Waals surface area contributed by atoms with Gasteiger partial charge in [0.1, 0.15) is 12.2 Å². The van der Waals surface area contributed by atoms with E-state index in [0.29, 0.717) is 24.0 Å². The summed E-state index contributed by atoms with van der Waals surface area (Å²) in [6.07, 6.45) is 3.53. The number of hydrogen-bond donors (Lipinski definition) is 1. The van der Waals surface area contributed by atoms with Gasteiger partial charge < -0.3 is 14.3 Å². The lowest BCUT2D eigenvalue weighted by atomic mass is 9.85. The Balaban J connectivity index is 1.86. The van der Waals surface area contributed by atoms with Crippen molar-refractivity contribution >= 4 is 16.9 Å². The largest absolute Gasteiger partial charge is 0.459 e. The zero-order valence-electron chi connectivity index (χ0n) is 14.1. The van der Waals surface area contributed by atoms with Crippen LogP contribution in [-0.2, 0) is 16.1 Å². The molecule has 1 aliphatic carbocycles. The molecule has 0 bridgehead atoms. The molecule has 1 saturated carbocycles. The number of carbonyl (C=O) groups excluding carboxylic acids is 1. The summed E-state index contributed by atoms with van der Waals surface area (Å²) in [6.45, 7) is 3.78. The van der Waals surface area contributed by atoms with E-state index in [0.717, 1.165) is 35.8 Å². The Morgan fingerprint density at radius 1 is 1.25 bits per heavy atom. The highest BCUT2D eigenvalue weighted by Crippen LogP contribution is 2.30. The first-order valence-corrected chi connectivity index (χ1v) is 8.33. The molecule has 0 saturated heterocycles. The van der Waals surface area contributed by atoms with Crippen molar-refractivity contribution < 1.29 is 19.1 Å². The van der Waals surface area contributed by atoms with E-state index in [2.05, 4.69) is 0 Å². The molecule has 128 valence electrons. The van der Waals surface area contributed by atoms with Crippen LogP contribution in [0.1, 0.15) is 48.8 Å². The predicted octanol–water partition coefficient (Wildman–Crippen LogP) is 3.15. The standard InChI is InChI=1S/C19H22O5/c1-12-6-7-15-14(10-16(20)24-17(15)13(12)2)11-23-18(21)19(22)8-4-3-5-9-19/h6-7,10,22H,3-5,8-9,11H2,1-2H3. The van der Waals surface area contributed by atoms with E-state index in [1.54, 1.807) is 0 Å². The number of esters is 1. The lowest BCUT2D eigenvalue weighted by Crippen LogP contribution is -2.41. The second-order valence-electron chi connectivity index (χ2n) is 6.64. The van der Waals surface area contributed by atoms with Crippen molar-refractivity contribution in [3.8, 4) is 0 Å². The molecule has 2 aromatic rings. The molecule has 1 heterocycles. The van der Waals surface area contributed by atoms with E-state index in [1.165, 1.54) is 6.07 Å². The van der Waals surface area contributed by atoms with Crippen LogP contribution in [0.5, 0.6) is 0 Å². The third-order valence-electron chi connectivity index (χ3n) is 4.94. The summed E-state index contributed by atoms with van der Waals surface area (Å²) in [7, 11) is 0. The van der Waals surface area contributed by atoms with Crippen molar-refractivity contribution in [2.24, 2.45) is 0 Å². The van der Waals surface area contributed by atoms with Crippen molar-refractivity contribution in [3.05, 3.63) is 45.3 Å². The number of benzene rings is 1. The van der Waals surface area contributed by atoms with E-state index in [-0.39, 0.29) is 6.61 Å². The Labute approximate surface area is 140 Å². The van der Waals surface area contributed by atoms with Gasteiger partial charge in [-0.15, -0.1) is 0 Å².